The Balaban J connectivity index is 1.13. The zero-order valence-electron chi connectivity index (χ0n) is 18.9. The summed E-state index contributed by atoms with van der Waals surface area (Å²) in [6, 6.07) is 23.1. The summed E-state index contributed by atoms with van der Waals surface area (Å²) in [5, 5.41) is 12.0. The zero-order valence-corrected chi connectivity index (χ0v) is 18.9. The molecule has 2 N–H and O–H groups in total. The number of ether oxygens (including phenoxy) is 1. The van der Waals surface area contributed by atoms with E-state index in [0.29, 0.717) is 24.3 Å². The van der Waals surface area contributed by atoms with E-state index >= 15 is 0 Å². The first-order valence-electron chi connectivity index (χ1n) is 11.8. The Hall–Kier alpha value is -4.13. The Morgan fingerprint density at radius 3 is 2.06 bits per heavy atom. The van der Waals surface area contributed by atoms with Crippen molar-refractivity contribution in [2.24, 2.45) is 17.8 Å². The Kier molecular flexibility index (Phi) is 5.06. The number of anilines is 1. The summed E-state index contributed by atoms with van der Waals surface area (Å²) < 4.78 is 5.63. The summed E-state index contributed by atoms with van der Waals surface area (Å²) in [5.41, 5.74) is 5.32. The summed E-state index contributed by atoms with van der Waals surface area (Å²) in [7, 11) is 0. The minimum atomic E-state index is -0.788. The predicted molar refractivity (Wildman–Crippen MR) is 129 cm³/mol. The fourth-order valence-electron chi connectivity index (χ4n) is 5.75. The molecule has 3 aromatic carbocycles. The van der Waals surface area contributed by atoms with Gasteiger partial charge in [0, 0.05) is 19.0 Å². The predicted octanol–water partition coefficient (Wildman–Crippen LogP) is 4.45. The van der Waals surface area contributed by atoms with Gasteiger partial charge in [-0.25, -0.2) is 4.79 Å². The van der Waals surface area contributed by atoms with Gasteiger partial charge in [0.15, 0.2) is 0 Å². The molecule has 0 aromatic heterocycles. The maximum Gasteiger partial charge on any atom is 0.411 e. The number of carboxylic acid groups (broad SMARTS) is 1. The highest BCUT2D eigenvalue weighted by Gasteiger charge is 2.60. The van der Waals surface area contributed by atoms with Gasteiger partial charge in [-0.2, -0.15) is 0 Å². The number of nitrogens with one attached hydrogen (secondary N) is 1. The van der Waals surface area contributed by atoms with Crippen LogP contribution in [0.2, 0.25) is 0 Å². The van der Waals surface area contributed by atoms with Gasteiger partial charge in [-0.1, -0.05) is 60.7 Å². The molecular weight excluding hydrogens is 444 g/mol. The second-order valence-electron chi connectivity index (χ2n) is 9.40. The molecule has 2 unspecified atom stereocenters. The monoisotopic (exact) mass is 468 g/mol. The Bertz CT molecular complexity index is 1290. The molecule has 6 rings (SSSR count). The van der Waals surface area contributed by atoms with Crippen molar-refractivity contribution in [1.82, 2.24) is 4.90 Å². The van der Waals surface area contributed by atoms with Crippen molar-refractivity contribution in [1.29, 1.82) is 0 Å². The number of nitrogens with zero attached hydrogens (tertiary/aromatic N) is 1. The lowest BCUT2D eigenvalue weighted by atomic mass is 9.98. The topological polar surface area (TPSA) is 95.9 Å². The minimum absolute atomic E-state index is 0.0266. The molecule has 2 amide bonds. The van der Waals surface area contributed by atoms with Crippen LogP contribution in [0, 0.1) is 17.8 Å². The normalized spacial score (nSPS) is 21.6. The van der Waals surface area contributed by atoms with E-state index < -0.39 is 12.1 Å². The molecule has 3 aliphatic rings. The summed E-state index contributed by atoms with van der Waals surface area (Å²) in [5.74, 6) is -1.34. The first-order valence-corrected chi connectivity index (χ1v) is 11.8. The van der Waals surface area contributed by atoms with Crippen molar-refractivity contribution >= 4 is 23.7 Å². The molecule has 0 radical (unpaired) electrons. The Labute approximate surface area is 202 Å². The second-order valence-corrected chi connectivity index (χ2v) is 9.40. The van der Waals surface area contributed by atoms with Crippen molar-refractivity contribution in [3.8, 4) is 11.1 Å². The van der Waals surface area contributed by atoms with Gasteiger partial charge in [0.05, 0.1) is 17.2 Å². The number of likely N-dealkylation sites (tertiary alicyclic amines) is 1. The number of hydrogen-bond donors (Lipinski definition) is 2. The maximum absolute atomic E-state index is 13.1. The Morgan fingerprint density at radius 1 is 0.857 bits per heavy atom. The molecule has 7 heteroatoms. The molecule has 2 fully saturated rings. The van der Waals surface area contributed by atoms with Crippen molar-refractivity contribution in [3.05, 3.63) is 89.5 Å². The van der Waals surface area contributed by atoms with Gasteiger partial charge in [-0.3, -0.25) is 14.9 Å². The first kappa shape index (κ1) is 21.4. The standard InChI is InChI=1S/C28H24N2O5/c31-26(30-13-21-22(14-30)25(21)27(32)33)20-11-5-6-12-24(20)29-28(34)35-15-23-18-9-3-1-7-16(18)17-8-2-4-10-19(17)23/h1-12,21-23,25H,13-15H2,(H,29,34)(H,32,33). The van der Waals surface area contributed by atoms with Crippen molar-refractivity contribution < 1.29 is 24.2 Å². The summed E-state index contributed by atoms with van der Waals surface area (Å²) in [6.45, 7) is 1.04. The smallest absolute Gasteiger partial charge is 0.411 e. The number of amides is 2. The van der Waals surface area contributed by atoms with Crippen LogP contribution >= 0.6 is 0 Å². The lowest BCUT2D eigenvalue weighted by Gasteiger charge is -2.21. The molecule has 3 aromatic rings. The number of para-hydroxylation sites is 1. The third-order valence-electron chi connectivity index (χ3n) is 7.50. The van der Waals surface area contributed by atoms with Crippen LogP contribution in [-0.2, 0) is 9.53 Å². The maximum atomic E-state index is 13.1. The third-order valence-corrected chi connectivity index (χ3v) is 7.50. The first-order chi connectivity index (χ1) is 17.0. The highest BCUT2D eigenvalue weighted by molar-refractivity contribution is 6.03. The van der Waals surface area contributed by atoms with E-state index in [1.165, 1.54) is 0 Å². The molecule has 1 heterocycles. The molecule has 1 aliphatic heterocycles. The largest absolute Gasteiger partial charge is 0.481 e. The van der Waals surface area contributed by atoms with E-state index in [0.717, 1.165) is 22.3 Å². The summed E-state index contributed by atoms with van der Waals surface area (Å²) >= 11 is 0. The fourth-order valence-corrected chi connectivity index (χ4v) is 5.75. The fraction of sp³-hybridized carbons (Fsp3) is 0.250. The lowest BCUT2D eigenvalue weighted by Crippen LogP contribution is -2.33. The number of carbonyl (C=O) groups is 3. The van der Waals surface area contributed by atoms with Crippen LogP contribution < -0.4 is 5.32 Å². The van der Waals surface area contributed by atoms with Gasteiger partial charge in [-0.05, 0) is 46.2 Å². The minimum Gasteiger partial charge on any atom is -0.481 e. The van der Waals surface area contributed by atoms with Gasteiger partial charge in [-0.15, -0.1) is 0 Å². The molecule has 2 atom stereocenters. The van der Waals surface area contributed by atoms with Gasteiger partial charge in [0.1, 0.15) is 6.61 Å². The van der Waals surface area contributed by atoms with E-state index in [9.17, 15) is 19.5 Å². The number of fused-ring (bicyclic) bond motifs is 4. The molecule has 1 saturated heterocycles. The number of rotatable bonds is 5. The van der Waals surface area contributed by atoms with Crippen molar-refractivity contribution in [3.63, 3.8) is 0 Å². The molecular formula is C28H24N2O5. The van der Waals surface area contributed by atoms with Crippen LogP contribution in [0.4, 0.5) is 10.5 Å². The summed E-state index contributed by atoms with van der Waals surface area (Å²) in [4.78, 5) is 38.8. The van der Waals surface area contributed by atoms with Crippen LogP contribution in [-0.4, -0.2) is 47.7 Å². The molecule has 35 heavy (non-hydrogen) atoms. The van der Waals surface area contributed by atoms with E-state index in [1.807, 2.05) is 24.3 Å². The number of benzene rings is 3. The number of carboxylic acids is 1. The highest BCUT2D eigenvalue weighted by atomic mass is 16.5. The van der Waals surface area contributed by atoms with Crippen LogP contribution in [0.3, 0.4) is 0 Å². The van der Waals surface area contributed by atoms with Crippen LogP contribution in [0.25, 0.3) is 11.1 Å². The van der Waals surface area contributed by atoms with Gasteiger partial charge in [0.25, 0.3) is 5.91 Å². The average Bonchev–Trinajstić information content (AvgIpc) is 3.22. The summed E-state index contributed by atoms with van der Waals surface area (Å²) in [6.07, 6.45) is -0.623. The molecule has 2 aliphatic carbocycles. The second kappa shape index (κ2) is 8.27. The van der Waals surface area contributed by atoms with Crippen molar-refractivity contribution in [2.75, 3.05) is 25.0 Å². The van der Waals surface area contributed by atoms with Gasteiger partial charge < -0.3 is 14.7 Å². The molecule has 0 bridgehead atoms. The van der Waals surface area contributed by atoms with Crippen LogP contribution in [0.15, 0.2) is 72.8 Å². The Morgan fingerprint density at radius 2 is 1.43 bits per heavy atom. The van der Waals surface area contributed by atoms with Crippen LogP contribution in [0.5, 0.6) is 0 Å². The SMILES string of the molecule is O=C(Nc1ccccc1C(=O)N1CC2C(C1)C2C(=O)O)OCC1c2ccccc2-c2ccccc21. The molecule has 7 nitrogen and oxygen atoms in total. The average molecular weight is 469 g/mol. The van der Waals surface area contributed by atoms with E-state index in [1.54, 1.807) is 29.2 Å². The quantitative estimate of drug-likeness (QED) is 0.577. The van der Waals surface area contributed by atoms with Crippen molar-refractivity contribution in [2.45, 2.75) is 5.92 Å². The third kappa shape index (κ3) is 3.64. The number of carbonyl (C=O) groups excluding carboxylic acids is 2. The molecule has 176 valence electrons. The van der Waals surface area contributed by atoms with Gasteiger partial charge in [0.2, 0.25) is 0 Å². The number of aliphatic carboxylic acids is 1. The van der Waals surface area contributed by atoms with Gasteiger partial charge >= 0.3 is 12.1 Å². The zero-order chi connectivity index (χ0) is 24.1. The molecule has 1 saturated carbocycles. The number of piperidine rings is 1. The highest BCUT2D eigenvalue weighted by Crippen LogP contribution is 2.52. The van der Waals surface area contributed by atoms with Crippen LogP contribution in [0.1, 0.15) is 27.4 Å². The van der Waals surface area contributed by atoms with E-state index in [2.05, 4.69) is 29.6 Å². The van der Waals surface area contributed by atoms with E-state index in [4.69, 9.17) is 4.74 Å². The molecule has 0 spiro atoms. The number of hydrogen-bond acceptors (Lipinski definition) is 4. The lowest BCUT2D eigenvalue weighted by molar-refractivity contribution is -0.139. The van der Waals surface area contributed by atoms with E-state index in [-0.39, 0.29) is 36.2 Å².